The third-order valence-corrected chi connectivity index (χ3v) is 5.02. The van der Waals surface area contributed by atoms with E-state index >= 15 is 0 Å². The van der Waals surface area contributed by atoms with Crippen molar-refractivity contribution in [2.24, 2.45) is 0 Å². The second-order valence-corrected chi connectivity index (χ2v) is 7.14. The summed E-state index contributed by atoms with van der Waals surface area (Å²) in [6.45, 7) is 0.589. The average molecular weight is 395 g/mol. The zero-order valence-corrected chi connectivity index (χ0v) is 16.5. The Morgan fingerprint density at radius 2 is 2.18 bits per heavy atom. The number of carbonyl (C=O) groups is 1. The molecule has 0 fully saturated rings. The molecule has 0 atom stereocenters. The molecule has 0 aliphatic rings. The van der Waals surface area contributed by atoms with Gasteiger partial charge in [0.05, 0.1) is 10.9 Å². The van der Waals surface area contributed by atoms with E-state index in [4.69, 9.17) is 0 Å². The standard InChI is InChI=1S/C21H22N4O2S/c1-28-17-7-8-19-18(13-17)21(27)25(15-24-19)12-9-20(26)23-11-3-2-5-16-6-4-10-22-14-16/h4,6-10,12-15H,2-3,5,11H2,1H3,(H,23,26). The number of hydrogen-bond acceptors (Lipinski definition) is 5. The molecule has 3 rings (SSSR count). The van der Waals surface area contributed by atoms with E-state index in [1.807, 2.05) is 42.8 Å². The molecule has 1 amide bonds. The lowest BCUT2D eigenvalue weighted by Gasteiger charge is -2.04. The molecule has 1 N–H and O–H groups in total. The Morgan fingerprint density at radius 1 is 1.29 bits per heavy atom. The van der Waals surface area contributed by atoms with Crippen molar-refractivity contribution in [3.05, 3.63) is 71.0 Å². The minimum Gasteiger partial charge on any atom is -0.353 e. The molecule has 0 unspecified atom stereocenters. The van der Waals surface area contributed by atoms with Gasteiger partial charge in [-0.15, -0.1) is 11.8 Å². The number of amides is 1. The molecular weight excluding hydrogens is 372 g/mol. The van der Waals surface area contributed by atoms with E-state index in [0.29, 0.717) is 17.4 Å². The van der Waals surface area contributed by atoms with Crippen LogP contribution in [-0.2, 0) is 11.2 Å². The number of thioether (sulfide) groups is 1. The Balaban J connectivity index is 1.52. The molecule has 2 heterocycles. The molecular formula is C21H22N4O2S. The van der Waals surface area contributed by atoms with Gasteiger partial charge < -0.3 is 5.32 Å². The van der Waals surface area contributed by atoms with E-state index < -0.39 is 0 Å². The molecule has 0 bridgehead atoms. The van der Waals surface area contributed by atoms with E-state index in [1.54, 1.807) is 18.0 Å². The molecule has 3 aromatic rings. The Morgan fingerprint density at radius 3 is 2.96 bits per heavy atom. The van der Waals surface area contributed by atoms with Crippen molar-refractivity contribution in [3.63, 3.8) is 0 Å². The van der Waals surface area contributed by atoms with Crippen LogP contribution < -0.4 is 10.9 Å². The molecule has 7 heteroatoms. The van der Waals surface area contributed by atoms with Crippen molar-refractivity contribution in [2.45, 2.75) is 24.2 Å². The zero-order valence-electron chi connectivity index (χ0n) is 15.7. The fourth-order valence-electron chi connectivity index (χ4n) is 2.77. The topological polar surface area (TPSA) is 76.9 Å². The first-order valence-electron chi connectivity index (χ1n) is 9.07. The summed E-state index contributed by atoms with van der Waals surface area (Å²) in [5.41, 5.74) is 1.65. The molecule has 2 aromatic heterocycles. The van der Waals surface area contributed by atoms with E-state index in [-0.39, 0.29) is 11.5 Å². The van der Waals surface area contributed by atoms with Gasteiger partial charge in [-0.05, 0) is 55.3 Å². The molecule has 1 aromatic carbocycles. The summed E-state index contributed by atoms with van der Waals surface area (Å²) in [6.07, 6.45) is 12.6. The summed E-state index contributed by atoms with van der Waals surface area (Å²) >= 11 is 1.57. The molecule has 0 aliphatic heterocycles. The summed E-state index contributed by atoms with van der Waals surface area (Å²) in [4.78, 5) is 33.9. The molecule has 0 radical (unpaired) electrons. The smallest absolute Gasteiger partial charge is 0.265 e. The lowest BCUT2D eigenvalue weighted by atomic mass is 10.1. The van der Waals surface area contributed by atoms with Crippen molar-refractivity contribution < 1.29 is 4.79 Å². The maximum atomic E-state index is 12.6. The molecule has 28 heavy (non-hydrogen) atoms. The third kappa shape index (κ3) is 5.29. The summed E-state index contributed by atoms with van der Waals surface area (Å²) < 4.78 is 1.33. The van der Waals surface area contributed by atoms with Crippen molar-refractivity contribution in [1.29, 1.82) is 0 Å². The van der Waals surface area contributed by atoms with Gasteiger partial charge in [0, 0.05) is 36.1 Å². The number of unbranched alkanes of at least 4 members (excludes halogenated alkanes) is 1. The van der Waals surface area contributed by atoms with Crippen LogP contribution in [0.1, 0.15) is 18.4 Å². The molecule has 0 spiro atoms. The van der Waals surface area contributed by atoms with Crippen LogP contribution in [0.25, 0.3) is 17.1 Å². The number of nitrogens with zero attached hydrogens (tertiary/aromatic N) is 3. The SMILES string of the molecule is CSc1ccc2ncn(C=CC(=O)NCCCCc3cccnc3)c(=O)c2c1. The van der Waals surface area contributed by atoms with Crippen LogP contribution in [0.15, 0.2) is 64.8 Å². The van der Waals surface area contributed by atoms with Gasteiger partial charge in [-0.25, -0.2) is 4.98 Å². The summed E-state index contributed by atoms with van der Waals surface area (Å²) in [5.74, 6) is -0.230. The van der Waals surface area contributed by atoms with Crippen LogP contribution in [0.5, 0.6) is 0 Å². The first kappa shape index (κ1) is 19.8. The monoisotopic (exact) mass is 394 g/mol. The quantitative estimate of drug-likeness (QED) is 0.361. The van der Waals surface area contributed by atoms with Gasteiger partial charge in [0.15, 0.2) is 0 Å². The number of pyridine rings is 1. The van der Waals surface area contributed by atoms with E-state index in [9.17, 15) is 9.59 Å². The maximum absolute atomic E-state index is 12.6. The van der Waals surface area contributed by atoms with E-state index in [2.05, 4.69) is 15.3 Å². The number of carbonyl (C=O) groups excluding carboxylic acids is 1. The second kappa shape index (κ2) is 9.85. The fraction of sp³-hybridized carbons (Fsp3) is 0.238. The van der Waals surface area contributed by atoms with Crippen LogP contribution in [-0.4, -0.2) is 33.2 Å². The third-order valence-electron chi connectivity index (χ3n) is 4.29. The van der Waals surface area contributed by atoms with Crippen molar-refractivity contribution in [1.82, 2.24) is 19.9 Å². The Hall–Kier alpha value is -2.93. The highest BCUT2D eigenvalue weighted by Gasteiger charge is 2.04. The summed E-state index contributed by atoms with van der Waals surface area (Å²) in [7, 11) is 0. The number of rotatable bonds is 8. The van der Waals surface area contributed by atoms with Gasteiger partial charge >= 0.3 is 0 Å². The number of aryl methyl sites for hydroxylation is 1. The van der Waals surface area contributed by atoms with Gasteiger partial charge in [-0.2, -0.15) is 0 Å². The lowest BCUT2D eigenvalue weighted by Crippen LogP contribution is -2.23. The predicted octanol–water partition coefficient (Wildman–Crippen LogP) is 3.12. The zero-order chi connectivity index (χ0) is 19.8. The Labute approximate surface area is 167 Å². The van der Waals surface area contributed by atoms with E-state index in [0.717, 1.165) is 24.2 Å². The van der Waals surface area contributed by atoms with Gasteiger partial charge in [0.1, 0.15) is 6.33 Å². The van der Waals surface area contributed by atoms with Crippen molar-refractivity contribution in [2.75, 3.05) is 12.8 Å². The highest BCUT2D eigenvalue weighted by Crippen LogP contribution is 2.18. The first-order valence-corrected chi connectivity index (χ1v) is 10.3. The second-order valence-electron chi connectivity index (χ2n) is 6.27. The molecule has 6 nitrogen and oxygen atoms in total. The fourth-order valence-corrected chi connectivity index (χ4v) is 3.21. The van der Waals surface area contributed by atoms with Crippen LogP contribution >= 0.6 is 11.8 Å². The molecule has 0 saturated heterocycles. The lowest BCUT2D eigenvalue weighted by molar-refractivity contribution is -0.116. The van der Waals surface area contributed by atoms with Gasteiger partial charge in [-0.1, -0.05) is 6.07 Å². The minimum atomic E-state index is -0.230. The Kier molecular flexibility index (Phi) is 6.97. The largest absolute Gasteiger partial charge is 0.353 e. The highest BCUT2D eigenvalue weighted by molar-refractivity contribution is 7.98. The molecule has 0 saturated carbocycles. The normalized spacial score (nSPS) is 11.2. The number of fused-ring (bicyclic) bond motifs is 1. The summed E-state index contributed by atoms with van der Waals surface area (Å²) in [5, 5.41) is 3.37. The van der Waals surface area contributed by atoms with E-state index in [1.165, 1.54) is 28.7 Å². The minimum absolute atomic E-state index is 0.193. The average Bonchev–Trinajstić information content (AvgIpc) is 2.73. The van der Waals surface area contributed by atoms with Gasteiger partial charge in [0.2, 0.25) is 5.91 Å². The first-order chi connectivity index (χ1) is 13.7. The van der Waals surface area contributed by atoms with Crippen LogP contribution in [0.2, 0.25) is 0 Å². The predicted molar refractivity (Wildman–Crippen MR) is 113 cm³/mol. The van der Waals surface area contributed by atoms with Crippen LogP contribution in [0.4, 0.5) is 0 Å². The van der Waals surface area contributed by atoms with Gasteiger partial charge in [-0.3, -0.25) is 19.1 Å². The molecule has 144 valence electrons. The van der Waals surface area contributed by atoms with Crippen LogP contribution in [0, 0.1) is 0 Å². The maximum Gasteiger partial charge on any atom is 0.265 e. The number of aromatic nitrogens is 3. The number of nitrogens with one attached hydrogen (secondary N) is 1. The van der Waals surface area contributed by atoms with Gasteiger partial charge in [0.25, 0.3) is 5.56 Å². The van der Waals surface area contributed by atoms with Crippen molar-refractivity contribution in [3.8, 4) is 0 Å². The van der Waals surface area contributed by atoms with Crippen LogP contribution in [0.3, 0.4) is 0 Å². The Bertz CT molecular complexity index is 1030. The summed E-state index contributed by atoms with van der Waals surface area (Å²) in [6, 6.07) is 9.55. The highest BCUT2D eigenvalue weighted by atomic mass is 32.2. The van der Waals surface area contributed by atoms with Crippen molar-refractivity contribution >= 4 is 34.8 Å². The number of hydrogen-bond donors (Lipinski definition) is 1. The molecule has 0 aliphatic carbocycles. The number of benzene rings is 1.